The molecule has 0 atom stereocenters. The lowest BCUT2D eigenvalue weighted by Gasteiger charge is -2.10. The highest BCUT2D eigenvalue weighted by Gasteiger charge is 2.16. The number of aromatic nitrogens is 3. The standard InChI is InChI=1S/C18H16N4O3S/c1-13(23)14-2-4-16(5-3-14)26(24,25)22-12-17-18(21-11-10-20-17)15-6-8-19-9-7-15/h2-11,22H,12H2,1H3. The van der Waals surface area contributed by atoms with Crippen LogP contribution in [0.4, 0.5) is 0 Å². The van der Waals surface area contributed by atoms with Crippen LogP contribution in [0.3, 0.4) is 0 Å². The van der Waals surface area contributed by atoms with Crippen molar-refractivity contribution >= 4 is 15.8 Å². The lowest BCUT2D eigenvalue weighted by molar-refractivity contribution is 0.101. The highest BCUT2D eigenvalue weighted by molar-refractivity contribution is 7.89. The maximum Gasteiger partial charge on any atom is 0.240 e. The number of hydrogen-bond donors (Lipinski definition) is 1. The van der Waals surface area contributed by atoms with E-state index in [1.807, 2.05) is 0 Å². The topological polar surface area (TPSA) is 102 Å². The van der Waals surface area contributed by atoms with E-state index in [0.29, 0.717) is 17.0 Å². The minimum atomic E-state index is -3.74. The van der Waals surface area contributed by atoms with Crippen molar-refractivity contribution in [1.29, 1.82) is 0 Å². The van der Waals surface area contributed by atoms with E-state index in [1.165, 1.54) is 37.4 Å². The Labute approximate surface area is 151 Å². The number of carbonyl (C=O) groups is 1. The highest BCUT2D eigenvalue weighted by atomic mass is 32.2. The summed E-state index contributed by atoms with van der Waals surface area (Å²) in [6.45, 7) is 1.42. The number of ketones is 1. The molecule has 8 heteroatoms. The first-order valence-electron chi connectivity index (χ1n) is 7.78. The minimum Gasteiger partial charge on any atom is -0.295 e. The average molecular weight is 368 g/mol. The van der Waals surface area contributed by atoms with Crippen LogP contribution in [-0.4, -0.2) is 29.2 Å². The van der Waals surface area contributed by atoms with Gasteiger partial charge in [0.2, 0.25) is 10.0 Å². The van der Waals surface area contributed by atoms with Gasteiger partial charge in [-0.2, -0.15) is 0 Å². The molecule has 0 saturated carbocycles. The summed E-state index contributed by atoms with van der Waals surface area (Å²) >= 11 is 0. The lowest BCUT2D eigenvalue weighted by Crippen LogP contribution is -2.24. The number of nitrogens with zero attached hydrogens (tertiary/aromatic N) is 3. The molecule has 132 valence electrons. The Morgan fingerprint density at radius 2 is 1.62 bits per heavy atom. The molecule has 2 heterocycles. The van der Waals surface area contributed by atoms with Crippen LogP contribution in [0.15, 0.2) is 66.1 Å². The molecule has 7 nitrogen and oxygen atoms in total. The van der Waals surface area contributed by atoms with Gasteiger partial charge < -0.3 is 0 Å². The first-order valence-corrected chi connectivity index (χ1v) is 9.26. The minimum absolute atomic E-state index is 0.0116. The molecule has 26 heavy (non-hydrogen) atoms. The zero-order valence-electron chi connectivity index (χ0n) is 14.0. The van der Waals surface area contributed by atoms with Crippen molar-refractivity contribution in [3.63, 3.8) is 0 Å². The van der Waals surface area contributed by atoms with Crippen LogP contribution in [0, 0.1) is 0 Å². The number of sulfonamides is 1. The number of Topliss-reactive ketones (excluding diaryl/α,β-unsaturated/α-hetero) is 1. The highest BCUT2D eigenvalue weighted by Crippen LogP contribution is 2.19. The van der Waals surface area contributed by atoms with Crippen molar-refractivity contribution in [2.75, 3.05) is 0 Å². The maximum absolute atomic E-state index is 12.5. The van der Waals surface area contributed by atoms with Gasteiger partial charge in [0.05, 0.1) is 22.8 Å². The van der Waals surface area contributed by atoms with E-state index in [-0.39, 0.29) is 17.2 Å². The summed E-state index contributed by atoms with van der Waals surface area (Å²) in [5, 5.41) is 0. The molecule has 0 amide bonds. The van der Waals surface area contributed by atoms with Gasteiger partial charge in [0.1, 0.15) is 0 Å². The van der Waals surface area contributed by atoms with Gasteiger partial charge in [-0.25, -0.2) is 13.1 Å². The first kappa shape index (κ1) is 17.8. The summed E-state index contributed by atoms with van der Waals surface area (Å²) in [5.74, 6) is -0.122. The predicted octanol–water partition coefficient (Wildman–Crippen LogP) is 2.22. The number of pyridine rings is 1. The van der Waals surface area contributed by atoms with Crippen molar-refractivity contribution in [2.45, 2.75) is 18.4 Å². The molecule has 0 aliphatic carbocycles. The fraction of sp³-hybridized carbons (Fsp3) is 0.111. The second-order valence-electron chi connectivity index (χ2n) is 5.49. The monoisotopic (exact) mass is 368 g/mol. The molecule has 1 N–H and O–H groups in total. The van der Waals surface area contributed by atoms with Gasteiger partial charge in [0.25, 0.3) is 0 Å². The number of rotatable bonds is 6. The Hall–Kier alpha value is -2.97. The Morgan fingerprint density at radius 3 is 2.27 bits per heavy atom. The van der Waals surface area contributed by atoms with E-state index in [4.69, 9.17) is 0 Å². The molecule has 0 radical (unpaired) electrons. The van der Waals surface area contributed by atoms with Crippen LogP contribution in [0.2, 0.25) is 0 Å². The largest absolute Gasteiger partial charge is 0.295 e. The zero-order valence-corrected chi connectivity index (χ0v) is 14.8. The quantitative estimate of drug-likeness (QED) is 0.669. The fourth-order valence-electron chi connectivity index (χ4n) is 2.36. The number of benzene rings is 1. The third kappa shape index (κ3) is 3.98. The number of nitrogens with one attached hydrogen (secondary N) is 1. The van der Waals surface area contributed by atoms with E-state index in [9.17, 15) is 13.2 Å². The van der Waals surface area contributed by atoms with Crippen molar-refractivity contribution in [3.8, 4) is 11.3 Å². The second kappa shape index (κ2) is 7.51. The molecule has 0 spiro atoms. The molecule has 0 aliphatic heterocycles. The van der Waals surface area contributed by atoms with Gasteiger partial charge in [0, 0.05) is 35.9 Å². The van der Waals surface area contributed by atoms with Gasteiger partial charge in [-0.3, -0.25) is 19.7 Å². The van der Waals surface area contributed by atoms with Gasteiger partial charge >= 0.3 is 0 Å². The summed E-state index contributed by atoms with van der Waals surface area (Å²) in [6.07, 6.45) is 6.33. The zero-order chi connectivity index (χ0) is 18.6. The molecule has 3 rings (SSSR count). The summed E-state index contributed by atoms with van der Waals surface area (Å²) in [7, 11) is -3.74. The van der Waals surface area contributed by atoms with Gasteiger partial charge in [0.15, 0.2) is 5.78 Å². The molecule has 0 bridgehead atoms. The van der Waals surface area contributed by atoms with Crippen LogP contribution in [0.25, 0.3) is 11.3 Å². The van der Waals surface area contributed by atoms with Gasteiger partial charge in [-0.15, -0.1) is 0 Å². The normalized spacial score (nSPS) is 11.3. The maximum atomic E-state index is 12.5. The smallest absolute Gasteiger partial charge is 0.240 e. The molecule has 2 aromatic heterocycles. The van der Waals surface area contributed by atoms with Crippen LogP contribution in [0.1, 0.15) is 23.0 Å². The fourth-order valence-corrected chi connectivity index (χ4v) is 3.35. The van der Waals surface area contributed by atoms with Crippen molar-refractivity contribution < 1.29 is 13.2 Å². The Balaban J connectivity index is 1.82. The van der Waals surface area contributed by atoms with Crippen LogP contribution < -0.4 is 4.72 Å². The van der Waals surface area contributed by atoms with Crippen molar-refractivity contribution in [2.24, 2.45) is 0 Å². The van der Waals surface area contributed by atoms with Crippen LogP contribution >= 0.6 is 0 Å². The molecule has 0 aliphatic rings. The van der Waals surface area contributed by atoms with Crippen molar-refractivity contribution in [3.05, 3.63) is 72.4 Å². The summed E-state index contributed by atoms with van der Waals surface area (Å²) in [6, 6.07) is 9.34. The predicted molar refractivity (Wildman–Crippen MR) is 95.7 cm³/mol. The van der Waals surface area contributed by atoms with Gasteiger partial charge in [-0.05, 0) is 31.2 Å². The Morgan fingerprint density at radius 1 is 0.962 bits per heavy atom. The lowest BCUT2D eigenvalue weighted by atomic mass is 10.1. The molecular weight excluding hydrogens is 352 g/mol. The molecule has 0 saturated heterocycles. The average Bonchev–Trinajstić information content (AvgIpc) is 2.67. The van der Waals surface area contributed by atoms with Crippen molar-refractivity contribution in [1.82, 2.24) is 19.7 Å². The molecule has 0 unspecified atom stereocenters. The number of carbonyl (C=O) groups excluding carboxylic acids is 1. The van der Waals surface area contributed by atoms with E-state index in [1.54, 1.807) is 30.7 Å². The van der Waals surface area contributed by atoms with Crippen LogP contribution in [-0.2, 0) is 16.6 Å². The summed E-state index contributed by atoms with van der Waals surface area (Å²) in [5.41, 5.74) is 2.35. The molecule has 1 aromatic carbocycles. The summed E-state index contributed by atoms with van der Waals surface area (Å²) in [4.78, 5) is 23.9. The molecule has 0 fully saturated rings. The molecule has 3 aromatic rings. The van der Waals surface area contributed by atoms with Gasteiger partial charge in [-0.1, -0.05) is 12.1 Å². The third-order valence-electron chi connectivity index (χ3n) is 3.73. The second-order valence-corrected chi connectivity index (χ2v) is 7.26. The van der Waals surface area contributed by atoms with E-state index >= 15 is 0 Å². The van der Waals surface area contributed by atoms with E-state index in [0.717, 1.165) is 5.56 Å². The third-order valence-corrected chi connectivity index (χ3v) is 5.15. The summed E-state index contributed by atoms with van der Waals surface area (Å²) < 4.78 is 27.5. The van der Waals surface area contributed by atoms with E-state index < -0.39 is 10.0 Å². The SMILES string of the molecule is CC(=O)c1ccc(S(=O)(=O)NCc2nccnc2-c2ccncc2)cc1. The first-order chi connectivity index (χ1) is 12.5. The Bertz CT molecular complexity index is 1020. The Kier molecular flexibility index (Phi) is 5.15. The van der Waals surface area contributed by atoms with E-state index in [2.05, 4.69) is 19.7 Å². The van der Waals surface area contributed by atoms with Crippen LogP contribution in [0.5, 0.6) is 0 Å². The molecular formula is C18H16N4O3S. The number of hydrogen-bond acceptors (Lipinski definition) is 6.